The second-order valence-corrected chi connectivity index (χ2v) is 6.76. The van der Waals surface area contributed by atoms with Gasteiger partial charge < -0.3 is 10.2 Å². The van der Waals surface area contributed by atoms with Crippen molar-refractivity contribution in [3.8, 4) is 0 Å². The van der Waals surface area contributed by atoms with E-state index in [1.54, 1.807) is 22.7 Å². The molecule has 0 aliphatic carbocycles. The Hall–Kier alpha value is -2.01. The quantitative estimate of drug-likeness (QED) is 0.877. The van der Waals surface area contributed by atoms with E-state index in [9.17, 15) is 9.18 Å². The molecule has 1 aliphatic heterocycles. The van der Waals surface area contributed by atoms with Gasteiger partial charge in [0.25, 0.3) is 0 Å². The molecule has 1 unspecified atom stereocenters. The summed E-state index contributed by atoms with van der Waals surface area (Å²) in [5.41, 5.74) is 1.53. The van der Waals surface area contributed by atoms with Crippen LogP contribution in [-0.4, -0.2) is 29.8 Å². The fourth-order valence-corrected chi connectivity index (χ4v) is 3.94. The van der Waals surface area contributed by atoms with Crippen molar-refractivity contribution in [1.82, 2.24) is 4.90 Å². The van der Waals surface area contributed by atoms with Crippen LogP contribution in [0, 0.1) is 5.82 Å². The number of carbonyl (C=O) groups is 1. The summed E-state index contributed by atoms with van der Waals surface area (Å²) in [6.07, 6.45) is 0.758. The molecule has 1 saturated heterocycles. The zero-order valence-corrected chi connectivity index (χ0v) is 13.6. The molecule has 2 aromatic carbocycles. The number of nitrogens with one attached hydrogen (secondary N) is 1. The number of halogens is 1. The minimum absolute atomic E-state index is 0.0917. The third kappa shape index (κ3) is 4.05. The molecule has 0 spiro atoms. The van der Waals surface area contributed by atoms with Crippen LogP contribution in [0.2, 0.25) is 0 Å². The van der Waals surface area contributed by atoms with Crippen molar-refractivity contribution < 1.29 is 9.18 Å². The van der Waals surface area contributed by atoms with E-state index in [0.717, 1.165) is 23.4 Å². The zero-order valence-electron chi connectivity index (χ0n) is 12.7. The highest BCUT2D eigenvalue weighted by Gasteiger charge is 2.23. The summed E-state index contributed by atoms with van der Waals surface area (Å²) in [5, 5.41) is 3.01. The second-order valence-electron chi connectivity index (χ2n) is 5.45. The summed E-state index contributed by atoms with van der Waals surface area (Å²) < 4.78 is 13.9. The maximum atomic E-state index is 13.9. The lowest BCUT2D eigenvalue weighted by Gasteiger charge is -2.21. The van der Waals surface area contributed by atoms with E-state index in [1.165, 1.54) is 6.07 Å². The minimum atomic E-state index is -0.160. The number of hydrogen-bond acceptors (Lipinski definition) is 2. The Bertz CT molecular complexity index is 665. The lowest BCUT2D eigenvalue weighted by atomic mass is 10.1. The average molecular weight is 330 g/mol. The number of rotatable bonds is 2. The van der Waals surface area contributed by atoms with Gasteiger partial charge in [0.05, 0.1) is 0 Å². The van der Waals surface area contributed by atoms with Crippen LogP contribution in [-0.2, 0) is 0 Å². The molecule has 0 bridgehead atoms. The summed E-state index contributed by atoms with van der Waals surface area (Å²) in [7, 11) is 0. The van der Waals surface area contributed by atoms with Gasteiger partial charge in [-0.1, -0.05) is 36.4 Å². The maximum absolute atomic E-state index is 13.9. The van der Waals surface area contributed by atoms with Gasteiger partial charge in [-0.05, 0) is 24.6 Å². The Morgan fingerprint density at radius 3 is 2.61 bits per heavy atom. The molecule has 3 rings (SSSR count). The van der Waals surface area contributed by atoms with Gasteiger partial charge in [0.15, 0.2) is 0 Å². The lowest BCUT2D eigenvalue weighted by molar-refractivity contribution is 0.215. The van der Waals surface area contributed by atoms with Crippen molar-refractivity contribution in [3.05, 3.63) is 66.0 Å². The highest BCUT2D eigenvalue weighted by molar-refractivity contribution is 7.99. The number of anilines is 1. The van der Waals surface area contributed by atoms with Crippen LogP contribution in [0.5, 0.6) is 0 Å². The highest BCUT2D eigenvalue weighted by Crippen LogP contribution is 2.35. The molecular weight excluding hydrogens is 311 g/mol. The monoisotopic (exact) mass is 330 g/mol. The number of hydrogen-bond donors (Lipinski definition) is 1. The fraction of sp³-hybridized carbons (Fsp3) is 0.278. The molecule has 0 saturated carbocycles. The van der Waals surface area contributed by atoms with Crippen molar-refractivity contribution in [2.75, 3.05) is 24.2 Å². The summed E-state index contributed by atoms with van der Waals surface area (Å²) in [6, 6.07) is 16.3. The number of para-hydroxylation sites is 1. The van der Waals surface area contributed by atoms with Gasteiger partial charge in [0.1, 0.15) is 5.82 Å². The van der Waals surface area contributed by atoms with Crippen molar-refractivity contribution in [2.24, 2.45) is 0 Å². The summed E-state index contributed by atoms with van der Waals surface area (Å²) in [5.74, 6) is 0.647. The van der Waals surface area contributed by atoms with Crippen LogP contribution in [0.1, 0.15) is 17.2 Å². The molecule has 1 N–H and O–H groups in total. The normalized spacial score (nSPS) is 18.3. The molecule has 120 valence electrons. The van der Waals surface area contributed by atoms with Gasteiger partial charge in [0.2, 0.25) is 0 Å². The van der Waals surface area contributed by atoms with Crippen molar-refractivity contribution in [1.29, 1.82) is 0 Å². The predicted molar refractivity (Wildman–Crippen MR) is 93.2 cm³/mol. The van der Waals surface area contributed by atoms with Crippen LogP contribution >= 0.6 is 11.8 Å². The SMILES string of the molecule is O=C(Nc1ccccc1)N1CCSC(c2ccccc2F)CC1. The Kier molecular flexibility index (Phi) is 5.18. The zero-order chi connectivity index (χ0) is 16.1. The second kappa shape index (κ2) is 7.51. The molecule has 0 radical (unpaired) electrons. The smallest absolute Gasteiger partial charge is 0.321 e. The van der Waals surface area contributed by atoms with Gasteiger partial charge in [-0.2, -0.15) is 11.8 Å². The fourth-order valence-electron chi connectivity index (χ4n) is 2.68. The predicted octanol–water partition coefficient (Wildman–Crippen LogP) is 4.54. The molecule has 1 aliphatic rings. The first-order valence-electron chi connectivity index (χ1n) is 7.71. The minimum Gasteiger partial charge on any atom is -0.324 e. The first kappa shape index (κ1) is 15.9. The van der Waals surface area contributed by atoms with E-state index in [-0.39, 0.29) is 17.1 Å². The van der Waals surface area contributed by atoms with Gasteiger partial charge in [-0.15, -0.1) is 0 Å². The van der Waals surface area contributed by atoms with Gasteiger partial charge >= 0.3 is 6.03 Å². The van der Waals surface area contributed by atoms with Crippen molar-refractivity contribution in [2.45, 2.75) is 11.7 Å². The van der Waals surface area contributed by atoms with Crippen LogP contribution in [0.15, 0.2) is 54.6 Å². The number of amides is 2. The highest BCUT2D eigenvalue weighted by atomic mass is 32.2. The topological polar surface area (TPSA) is 32.3 Å². The number of urea groups is 1. The number of nitrogens with zero attached hydrogens (tertiary/aromatic N) is 1. The first-order valence-corrected chi connectivity index (χ1v) is 8.76. The van der Waals surface area contributed by atoms with Crippen LogP contribution in [0.25, 0.3) is 0 Å². The van der Waals surface area contributed by atoms with Crippen LogP contribution < -0.4 is 5.32 Å². The summed E-state index contributed by atoms with van der Waals surface area (Å²) in [4.78, 5) is 14.2. The van der Waals surface area contributed by atoms with Crippen LogP contribution in [0.3, 0.4) is 0 Å². The summed E-state index contributed by atoms with van der Waals surface area (Å²) >= 11 is 1.72. The average Bonchev–Trinajstić information content (AvgIpc) is 2.82. The Labute approximate surface area is 139 Å². The van der Waals surface area contributed by atoms with Gasteiger partial charge in [-0.25, -0.2) is 9.18 Å². The molecule has 0 aromatic heterocycles. The van der Waals surface area contributed by atoms with E-state index in [1.807, 2.05) is 42.5 Å². The van der Waals surface area contributed by atoms with E-state index in [2.05, 4.69) is 5.32 Å². The molecule has 2 aromatic rings. The molecular formula is C18H19FN2OS. The van der Waals surface area contributed by atoms with Gasteiger partial charge in [-0.3, -0.25) is 0 Å². The first-order chi connectivity index (χ1) is 11.2. The number of benzene rings is 2. The number of thioether (sulfide) groups is 1. The van der Waals surface area contributed by atoms with E-state index in [4.69, 9.17) is 0 Å². The number of carbonyl (C=O) groups excluding carboxylic acids is 1. The molecule has 1 heterocycles. The Balaban J connectivity index is 1.62. The third-order valence-corrected chi connectivity index (χ3v) is 5.22. The van der Waals surface area contributed by atoms with Crippen LogP contribution in [0.4, 0.5) is 14.9 Å². The Morgan fingerprint density at radius 1 is 1.09 bits per heavy atom. The molecule has 5 heteroatoms. The van der Waals surface area contributed by atoms with E-state index >= 15 is 0 Å². The van der Waals surface area contributed by atoms with E-state index in [0.29, 0.717) is 13.1 Å². The summed E-state index contributed by atoms with van der Waals surface area (Å²) in [6.45, 7) is 1.30. The molecule has 2 amide bonds. The van der Waals surface area contributed by atoms with Gasteiger partial charge in [0, 0.05) is 35.3 Å². The molecule has 1 atom stereocenters. The standard InChI is InChI=1S/C18H19FN2OS/c19-16-9-5-4-8-15(16)17-10-11-21(12-13-23-17)18(22)20-14-6-2-1-3-7-14/h1-9,17H,10-13H2,(H,20,22). The maximum Gasteiger partial charge on any atom is 0.321 e. The molecule has 1 fully saturated rings. The third-order valence-electron chi connectivity index (χ3n) is 3.91. The molecule has 3 nitrogen and oxygen atoms in total. The van der Waals surface area contributed by atoms with Crippen molar-refractivity contribution in [3.63, 3.8) is 0 Å². The lowest BCUT2D eigenvalue weighted by Crippen LogP contribution is -2.36. The Morgan fingerprint density at radius 2 is 1.83 bits per heavy atom. The molecule has 23 heavy (non-hydrogen) atoms. The largest absolute Gasteiger partial charge is 0.324 e. The van der Waals surface area contributed by atoms with E-state index < -0.39 is 0 Å². The van der Waals surface area contributed by atoms with Crippen molar-refractivity contribution >= 4 is 23.5 Å².